The lowest BCUT2D eigenvalue weighted by atomic mass is 10.1. The molecule has 0 aliphatic rings. The smallest absolute Gasteiger partial charge is 0.175 e. The summed E-state index contributed by atoms with van der Waals surface area (Å²) < 4.78 is 0. The average Bonchev–Trinajstić information content (AvgIpc) is 2.40. The molecule has 0 aromatic heterocycles. The van der Waals surface area contributed by atoms with Gasteiger partial charge in [-0.3, -0.25) is 0 Å². The number of para-hydroxylation sites is 1. The van der Waals surface area contributed by atoms with Crippen LogP contribution in [0.1, 0.15) is 12.5 Å². The average molecular weight is 256 g/mol. The summed E-state index contributed by atoms with van der Waals surface area (Å²) in [6, 6.07) is 18.2. The molecule has 0 aliphatic carbocycles. The van der Waals surface area contributed by atoms with Gasteiger partial charge in [0.25, 0.3) is 0 Å². The van der Waals surface area contributed by atoms with E-state index >= 15 is 0 Å². The van der Waals surface area contributed by atoms with Gasteiger partial charge in [0.2, 0.25) is 0 Å². The van der Waals surface area contributed by atoms with Crippen molar-refractivity contribution in [1.82, 2.24) is 0 Å². The second-order valence-electron chi connectivity index (χ2n) is 4.00. The summed E-state index contributed by atoms with van der Waals surface area (Å²) in [6.07, 6.45) is 1.02. The molecule has 2 nitrogen and oxygen atoms in total. The SMILES string of the molecule is CCc1cccc(NC(=S)Nc2ccccc2)c1. The van der Waals surface area contributed by atoms with E-state index in [2.05, 4.69) is 29.7 Å². The second-order valence-corrected chi connectivity index (χ2v) is 4.41. The van der Waals surface area contributed by atoms with Crippen molar-refractivity contribution < 1.29 is 0 Å². The van der Waals surface area contributed by atoms with E-state index in [9.17, 15) is 0 Å². The zero-order valence-corrected chi connectivity index (χ0v) is 11.1. The first-order valence-corrected chi connectivity index (χ1v) is 6.41. The Labute approximate surface area is 113 Å². The highest BCUT2D eigenvalue weighted by atomic mass is 32.1. The number of hydrogen-bond donors (Lipinski definition) is 2. The molecule has 2 rings (SSSR count). The number of hydrogen-bond acceptors (Lipinski definition) is 1. The van der Waals surface area contributed by atoms with Gasteiger partial charge >= 0.3 is 0 Å². The first kappa shape index (κ1) is 12.6. The predicted octanol–water partition coefficient (Wildman–Crippen LogP) is 4.06. The van der Waals surface area contributed by atoms with Crippen LogP contribution in [0.4, 0.5) is 11.4 Å². The minimum Gasteiger partial charge on any atom is -0.332 e. The summed E-state index contributed by atoms with van der Waals surface area (Å²) in [4.78, 5) is 0. The van der Waals surface area contributed by atoms with Crippen LogP contribution >= 0.6 is 12.2 Å². The Bertz CT molecular complexity index is 523. The Morgan fingerprint density at radius 2 is 1.61 bits per heavy atom. The molecule has 2 aromatic rings. The van der Waals surface area contributed by atoms with Crippen molar-refractivity contribution in [2.24, 2.45) is 0 Å². The van der Waals surface area contributed by atoms with Gasteiger partial charge in [0, 0.05) is 11.4 Å². The molecule has 92 valence electrons. The van der Waals surface area contributed by atoms with E-state index in [-0.39, 0.29) is 0 Å². The van der Waals surface area contributed by atoms with Crippen LogP contribution in [0, 0.1) is 0 Å². The highest BCUT2D eigenvalue weighted by Crippen LogP contribution is 2.12. The highest BCUT2D eigenvalue weighted by molar-refractivity contribution is 7.80. The molecule has 3 heteroatoms. The minimum absolute atomic E-state index is 0.606. The van der Waals surface area contributed by atoms with Gasteiger partial charge in [-0.2, -0.15) is 0 Å². The van der Waals surface area contributed by atoms with E-state index in [0.29, 0.717) is 5.11 Å². The Kier molecular flexibility index (Phi) is 4.31. The van der Waals surface area contributed by atoms with E-state index in [4.69, 9.17) is 12.2 Å². The van der Waals surface area contributed by atoms with Crippen LogP contribution < -0.4 is 10.6 Å². The fourth-order valence-corrected chi connectivity index (χ4v) is 1.92. The van der Waals surface area contributed by atoms with Crippen LogP contribution in [-0.4, -0.2) is 5.11 Å². The van der Waals surface area contributed by atoms with Crippen LogP contribution in [-0.2, 0) is 6.42 Å². The van der Waals surface area contributed by atoms with Gasteiger partial charge in [0.15, 0.2) is 5.11 Å². The quantitative estimate of drug-likeness (QED) is 0.810. The Balaban J connectivity index is 1.99. The van der Waals surface area contributed by atoms with Gasteiger partial charge in [-0.1, -0.05) is 37.3 Å². The maximum Gasteiger partial charge on any atom is 0.175 e. The lowest BCUT2D eigenvalue weighted by Crippen LogP contribution is -2.18. The second kappa shape index (κ2) is 6.17. The lowest BCUT2D eigenvalue weighted by molar-refractivity contribution is 1.14. The third-order valence-electron chi connectivity index (χ3n) is 2.62. The van der Waals surface area contributed by atoms with Gasteiger partial charge in [-0.25, -0.2) is 0 Å². The topological polar surface area (TPSA) is 24.1 Å². The minimum atomic E-state index is 0.606. The summed E-state index contributed by atoms with van der Waals surface area (Å²) in [7, 11) is 0. The third kappa shape index (κ3) is 3.57. The first-order chi connectivity index (χ1) is 8.78. The number of anilines is 2. The van der Waals surface area contributed by atoms with Crippen LogP contribution in [0.15, 0.2) is 54.6 Å². The first-order valence-electron chi connectivity index (χ1n) is 6.00. The van der Waals surface area contributed by atoms with Crippen molar-refractivity contribution in [1.29, 1.82) is 0 Å². The van der Waals surface area contributed by atoms with Crippen LogP contribution in [0.5, 0.6) is 0 Å². The Morgan fingerprint density at radius 1 is 0.944 bits per heavy atom. The maximum absolute atomic E-state index is 5.28. The van der Waals surface area contributed by atoms with E-state index in [1.165, 1.54) is 5.56 Å². The summed E-state index contributed by atoms with van der Waals surface area (Å²) >= 11 is 5.28. The van der Waals surface area contributed by atoms with Gasteiger partial charge < -0.3 is 10.6 Å². The number of rotatable bonds is 3. The summed E-state index contributed by atoms with van der Waals surface area (Å²) in [5.41, 5.74) is 3.30. The van der Waals surface area contributed by atoms with E-state index in [1.54, 1.807) is 0 Å². The molecule has 2 aromatic carbocycles. The van der Waals surface area contributed by atoms with Crippen molar-refractivity contribution in [2.45, 2.75) is 13.3 Å². The van der Waals surface area contributed by atoms with Crippen molar-refractivity contribution in [3.05, 3.63) is 60.2 Å². The normalized spacial score (nSPS) is 9.83. The molecule has 0 saturated carbocycles. The van der Waals surface area contributed by atoms with Crippen molar-refractivity contribution in [3.63, 3.8) is 0 Å². The van der Waals surface area contributed by atoms with E-state index < -0.39 is 0 Å². The van der Waals surface area contributed by atoms with Crippen LogP contribution in [0.3, 0.4) is 0 Å². The van der Waals surface area contributed by atoms with Crippen LogP contribution in [0.25, 0.3) is 0 Å². The summed E-state index contributed by atoms with van der Waals surface area (Å²) in [5, 5.41) is 6.94. The van der Waals surface area contributed by atoms with Crippen molar-refractivity contribution >= 4 is 28.7 Å². The fraction of sp³-hybridized carbons (Fsp3) is 0.133. The number of aryl methyl sites for hydroxylation is 1. The van der Waals surface area contributed by atoms with Gasteiger partial charge in [-0.05, 0) is 48.5 Å². The maximum atomic E-state index is 5.28. The molecule has 0 aliphatic heterocycles. The molecular formula is C15H16N2S. The lowest BCUT2D eigenvalue weighted by Gasteiger charge is -2.11. The molecule has 0 heterocycles. The van der Waals surface area contributed by atoms with Gasteiger partial charge in [0.1, 0.15) is 0 Å². The summed E-state index contributed by atoms with van der Waals surface area (Å²) in [6.45, 7) is 2.14. The molecule has 18 heavy (non-hydrogen) atoms. The monoisotopic (exact) mass is 256 g/mol. The zero-order chi connectivity index (χ0) is 12.8. The van der Waals surface area contributed by atoms with Gasteiger partial charge in [-0.15, -0.1) is 0 Å². The molecule has 0 amide bonds. The molecule has 0 radical (unpaired) electrons. The third-order valence-corrected chi connectivity index (χ3v) is 2.83. The number of thiocarbonyl (C=S) groups is 1. The molecule has 0 unspecified atom stereocenters. The predicted molar refractivity (Wildman–Crippen MR) is 82.1 cm³/mol. The van der Waals surface area contributed by atoms with E-state index in [0.717, 1.165) is 17.8 Å². The standard InChI is InChI=1S/C15H16N2S/c1-2-12-7-6-10-14(11-12)17-15(18)16-13-8-4-3-5-9-13/h3-11H,2H2,1H3,(H2,16,17,18). The number of benzene rings is 2. The van der Waals surface area contributed by atoms with Crippen LogP contribution in [0.2, 0.25) is 0 Å². The fourth-order valence-electron chi connectivity index (χ4n) is 1.68. The zero-order valence-electron chi connectivity index (χ0n) is 10.3. The molecule has 0 spiro atoms. The summed E-state index contributed by atoms with van der Waals surface area (Å²) in [5.74, 6) is 0. The molecule has 0 atom stereocenters. The molecule has 0 saturated heterocycles. The molecule has 0 fully saturated rings. The molecule has 2 N–H and O–H groups in total. The highest BCUT2D eigenvalue weighted by Gasteiger charge is 1.99. The Hall–Kier alpha value is -1.87. The van der Waals surface area contributed by atoms with E-state index in [1.807, 2.05) is 42.5 Å². The van der Waals surface area contributed by atoms with Crippen molar-refractivity contribution in [2.75, 3.05) is 10.6 Å². The van der Waals surface area contributed by atoms with Gasteiger partial charge in [0.05, 0.1) is 0 Å². The Morgan fingerprint density at radius 3 is 2.33 bits per heavy atom. The number of nitrogens with one attached hydrogen (secondary N) is 2. The molecular weight excluding hydrogens is 240 g/mol. The molecule has 0 bridgehead atoms. The largest absolute Gasteiger partial charge is 0.332 e. The van der Waals surface area contributed by atoms with Crippen molar-refractivity contribution in [3.8, 4) is 0 Å².